The Balaban J connectivity index is 2.23. The highest BCUT2D eigenvalue weighted by Crippen LogP contribution is 2.15. The maximum absolute atomic E-state index is 10.9. The number of pyridine rings is 1. The number of rotatable bonds is 4. The molecule has 0 atom stereocenters. The zero-order valence-corrected chi connectivity index (χ0v) is 8.76. The normalized spacial score (nSPS) is 9.65. The molecule has 0 bridgehead atoms. The fourth-order valence-corrected chi connectivity index (χ4v) is 1.23. The Morgan fingerprint density at radius 1 is 1.12 bits per heavy atom. The molecule has 0 aliphatic heterocycles. The van der Waals surface area contributed by atoms with Crippen molar-refractivity contribution in [2.24, 2.45) is 0 Å². The van der Waals surface area contributed by atoms with Crippen LogP contribution in [0, 0.1) is 10.1 Å². The number of anilines is 1. The Morgan fingerprint density at radius 3 is 2.41 bits per heavy atom. The van der Waals surface area contributed by atoms with Gasteiger partial charge >= 0.3 is 0 Å². The molecular weight excluding hydrogens is 222 g/mol. The Bertz CT molecular complexity index is 490. The summed E-state index contributed by atoms with van der Waals surface area (Å²) in [5, 5.41) is 10.8. The average molecular weight is 231 g/mol. The first-order valence-electron chi connectivity index (χ1n) is 4.86. The minimum Gasteiger partial charge on any atom is -0.303 e. The van der Waals surface area contributed by atoms with Crippen molar-refractivity contribution < 1.29 is 9.87 Å². The summed E-state index contributed by atoms with van der Waals surface area (Å²) in [6.45, 7) is 0. The second-order valence-corrected chi connectivity index (χ2v) is 3.11. The molecule has 0 saturated carbocycles. The van der Waals surface area contributed by atoms with E-state index in [9.17, 15) is 10.1 Å². The van der Waals surface area contributed by atoms with E-state index in [4.69, 9.17) is 4.84 Å². The van der Waals surface area contributed by atoms with Gasteiger partial charge in [0.25, 0.3) is 5.88 Å². The Labute approximate surface area is 97.2 Å². The van der Waals surface area contributed by atoms with E-state index in [2.05, 4.69) is 4.98 Å². The largest absolute Gasteiger partial charge is 0.303 e. The molecule has 0 N–H and O–H groups in total. The number of hydrogen-bond acceptors (Lipinski definition) is 4. The van der Waals surface area contributed by atoms with Gasteiger partial charge in [-0.05, 0) is 18.2 Å². The second kappa shape index (κ2) is 4.93. The maximum atomic E-state index is 10.9. The van der Waals surface area contributed by atoms with Crippen LogP contribution in [-0.4, -0.2) is 10.0 Å². The molecule has 1 heterocycles. The molecule has 17 heavy (non-hydrogen) atoms. The van der Waals surface area contributed by atoms with E-state index in [-0.39, 0.29) is 5.88 Å². The summed E-state index contributed by atoms with van der Waals surface area (Å²) in [4.78, 5) is 19.8. The van der Waals surface area contributed by atoms with Gasteiger partial charge in [-0.2, -0.15) is 0 Å². The van der Waals surface area contributed by atoms with Crippen LogP contribution in [0.15, 0.2) is 54.7 Å². The van der Waals surface area contributed by atoms with Gasteiger partial charge in [0.2, 0.25) is 5.03 Å². The molecule has 6 nitrogen and oxygen atoms in total. The lowest BCUT2D eigenvalue weighted by Gasteiger charge is -2.12. The summed E-state index contributed by atoms with van der Waals surface area (Å²) in [7, 11) is 0. The highest BCUT2D eigenvalue weighted by atomic mass is 16.8. The van der Waals surface area contributed by atoms with Gasteiger partial charge in [0.05, 0.1) is 5.17 Å². The van der Waals surface area contributed by atoms with Crippen molar-refractivity contribution in [2.45, 2.75) is 0 Å². The number of hydrogen-bond donors (Lipinski definition) is 0. The van der Waals surface area contributed by atoms with E-state index in [0.717, 1.165) is 0 Å². The van der Waals surface area contributed by atoms with Gasteiger partial charge in [-0.3, -0.25) is 0 Å². The number of para-hydroxylation sites is 1. The molecule has 0 unspecified atom stereocenters. The monoisotopic (exact) mass is 231 g/mol. The summed E-state index contributed by atoms with van der Waals surface area (Å²) < 4.78 is 0. The summed E-state index contributed by atoms with van der Waals surface area (Å²) in [5.74, 6) is 0.160. The first kappa shape index (κ1) is 10.9. The quantitative estimate of drug-likeness (QED) is 0.595. The fourth-order valence-electron chi connectivity index (χ4n) is 1.23. The first-order valence-corrected chi connectivity index (χ1v) is 4.86. The van der Waals surface area contributed by atoms with E-state index in [0.29, 0.717) is 10.9 Å². The molecule has 1 aromatic heterocycles. The smallest absolute Gasteiger partial charge is 0.252 e. The SMILES string of the molecule is O=[N+]([O-])N(Oc1ccccn1)c1ccccc1. The van der Waals surface area contributed by atoms with Gasteiger partial charge in [0, 0.05) is 12.3 Å². The van der Waals surface area contributed by atoms with Crippen molar-refractivity contribution in [2.75, 3.05) is 5.17 Å². The van der Waals surface area contributed by atoms with Crippen LogP contribution in [-0.2, 0) is 0 Å². The number of hydrazine groups is 1. The number of aromatic nitrogens is 1. The highest BCUT2D eigenvalue weighted by Gasteiger charge is 2.20. The van der Waals surface area contributed by atoms with Crippen LogP contribution in [0.3, 0.4) is 0 Å². The predicted octanol–water partition coefficient (Wildman–Crippen LogP) is 2.07. The van der Waals surface area contributed by atoms with Crippen LogP contribution in [0.1, 0.15) is 0 Å². The van der Waals surface area contributed by atoms with Crippen molar-refractivity contribution in [1.82, 2.24) is 4.98 Å². The van der Waals surface area contributed by atoms with E-state index in [1.165, 1.54) is 6.20 Å². The standard InChI is InChI=1S/C11H9N3O3/c15-14(16)13(10-6-2-1-3-7-10)17-11-8-4-5-9-12-11/h1-9H. The summed E-state index contributed by atoms with van der Waals surface area (Å²) >= 11 is 0. The van der Waals surface area contributed by atoms with Crippen LogP contribution in [0.25, 0.3) is 0 Å². The molecule has 2 aromatic rings. The van der Waals surface area contributed by atoms with Crippen LogP contribution < -0.4 is 10.0 Å². The Kier molecular flexibility index (Phi) is 3.15. The summed E-state index contributed by atoms with van der Waals surface area (Å²) in [6, 6.07) is 13.2. The highest BCUT2D eigenvalue weighted by molar-refractivity contribution is 5.41. The molecule has 0 fully saturated rings. The molecule has 86 valence electrons. The van der Waals surface area contributed by atoms with Crippen LogP contribution in [0.2, 0.25) is 0 Å². The molecule has 6 heteroatoms. The van der Waals surface area contributed by atoms with Crippen molar-refractivity contribution in [3.05, 3.63) is 64.8 Å². The number of nitrogens with zero attached hydrogens (tertiary/aromatic N) is 3. The first-order chi connectivity index (χ1) is 8.27. The lowest BCUT2D eigenvalue weighted by Crippen LogP contribution is -2.33. The van der Waals surface area contributed by atoms with Gasteiger partial charge < -0.3 is 4.84 Å². The maximum Gasteiger partial charge on any atom is 0.252 e. The van der Waals surface area contributed by atoms with E-state index in [1.807, 2.05) is 0 Å². The Hall–Kier alpha value is -2.63. The number of nitro groups is 1. The summed E-state index contributed by atoms with van der Waals surface area (Å²) in [5.41, 5.74) is 0.322. The molecule has 2 rings (SSSR count). The lowest BCUT2D eigenvalue weighted by molar-refractivity contribution is -0.534. The van der Waals surface area contributed by atoms with Crippen LogP contribution in [0.5, 0.6) is 5.88 Å². The minimum atomic E-state index is -0.649. The third-order valence-electron chi connectivity index (χ3n) is 1.94. The van der Waals surface area contributed by atoms with Gasteiger partial charge in [-0.25, -0.2) is 15.1 Å². The number of benzene rings is 1. The minimum absolute atomic E-state index is 0.160. The second-order valence-electron chi connectivity index (χ2n) is 3.11. The topological polar surface area (TPSA) is 68.5 Å². The van der Waals surface area contributed by atoms with Crippen LogP contribution >= 0.6 is 0 Å². The molecule has 0 saturated heterocycles. The molecule has 0 radical (unpaired) electrons. The van der Waals surface area contributed by atoms with Crippen molar-refractivity contribution >= 4 is 5.69 Å². The van der Waals surface area contributed by atoms with Crippen LogP contribution in [0.4, 0.5) is 5.69 Å². The van der Waals surface area contributed by atoms with Gasteiger partial charge in [0.15, 0.2) is 0 Å². The molecular formula is C11H9N3O3. The van der Waals surface area contributed by atoms with E-state index >= 15 is 0 Å². The average Bonchev–Trinajstić information content (AvgIpc) is 2.38. The molecule has 0 amide bonds. The van der Waals surface area contributed by atoms with Crippen molar-refractivity contribution in [3.8, 4) is 5.88 Å². The third-order valence-corrected chi connectivity index (χ3v) is 1.94. The predicted molar refractivity (Wildman–Crippen MR) is 60.8 cm³/mol. The van der Waals surface area contributed by atoms with Crippen molar-refractivity contribution in [1.29, 1.82) is 0 Å². The zero-order valence-electron chi connectivity index (χ0n) is 8.76. The van der Waals surface area contributed by atoms with E-state index < -0.39 is 5.03 Å². The van der Waals surface area contributed by atoms with Gasteiger partial charge in [0.1, 0.15) is 5.69 Å². The molecule has 0 spiro atoms. The molecule has 0 aliphatic carbocycles. The fraction of sp³-hybridized carbons (Fsp3) is 0. The lowest BCUT2D eigenvalue weighted by atomic mass is 10.3. The van der Waals surface area contributed by atoms with Crippen molar-refractivity contribution in [3.63, 3.8) is 0 Å². The van der Waals surface area contributed by atoms with Gasteiger partial charge in [-0.15, -0.1) is 0 Å². The Morgan fingerprint density at radius 2 is 1.82 bits per heavy atom. The molecule has 1 aromatic carbocycles. The zero-order chi connectivity index (χ0) is 12.1. The molecule has 0 aliphatic rings. The van der Waals surface area contributed by atoms with Gasteiger partial charge in [-0.1, -0.05) is 24.3 Å². The van der Waals surface area contributed by atoms with E-state index in [1.54, 1.807) is 48.5 Å². The third kappa shape index (κ3) is 2.69. The summed E-state index contributed by atoms with van der Waals surface area (Å²) in [6.07, 6.45) is 1.50.